The van der Waals surface area contributed by atoms with Crippen LogP contribution in [0.2, 0.25) is 0 Å². The van der Waals surface area contributed by atoms with Crippen LogP contribution in [-0.2, 0) is 4.79 Å². The summed E-state index contributed by atoms with van der Waals surface area (Å²) in [5.41, 5.74) is 1.64. The third-order valence-electron chi connectivity index (χ3n) is 3.53. The highest BCUT2D eigenvalue weighted by Crippen LogP contribution is 2.24. The zero-order valence-corrected chi connectivity index (χ0v) is 13.2. The summed E-state index contributed by atoms with van der Waals surface area (Å²) in [5.74, 6) is -3.11. The van der Waals surface area contributed by atoms with Gasteiger partial charge in [0, 0.05) is 11.1 Å². The number of hydrogen-bond acceptors (Lipinski definition) is 4. The second-order valence-electron chi connectivity index (χ2n) is 5.37. The Morgan fingerprint density at radius 3 is 2.40 bits per heavy atom. The molecule has 0 aliphatic heterocycles. The summed E-state index contributed by atoms with van der Waals surface area (Å²) < 4.78 is 27.5. The molecule has 2 rings (SSSR count). The van der Waals surface area contributed by atoms with E-state index in [0.717, 1.165) is 12.1 Å². The van der Waals surface area contributed by atoms with E-state index in [1.807, 2.05) is 0 Å². The first kappa shape index (κ1) is 18.5. The predicted octanol–water partition coefficient (Wildman–Crippen LogP) is 1.62. The van der Waals surface area contributed by atoms with Crippen molar-refractivity contribution in [2.24, 2.45) is 0 Å². The first-order chi connectivity index (χ1) is 11.8. The Labute approximate surface area is 142 Å². The summed E-state index contributed by atoms with van der Waals surface area (Å²) in [5, 5.41) is 20.3. The zero-order valence-electron chi connectivity index (χ0n) is 13.2. The van der Waals surface area contributed by atoms with E-state index in [9.17, 15) is 23.5 Å². The van der Waals surface area contributed by atoms with E-state index < -0.39 is 35.6 Å². The fourth-order valence-corrected chi connectivity index (χ4v) is 2.25. The van der Waals surface area contributed by atoms with Crippen LogP contribution in [0.5, 0.6) is 0 Å². The van der Waals surface area contributed by atoms with Gasteiger partial charge in [0.15, 0.2) is 0 Å². The van der Waals surface area contributed by atoms with Crippen LogP contribution in [0, 0.1) is 11.6 Å². The molecule has 0 saturated heterocycles. The third-order valence-corrected chi connectivity index (χ3v) is 3.53. The van der Waals surface area contributed by atoms with Gasteiger partial charge >= 0.3 is 0 Å². The Morgan fingerprint density at radius 2 is 1.84 bits per heavy atom. The van der Waals surface area contributed by atoms with Gasteiger partial charge in [-0.1, -0.05) is 18.2 Å². The summed E-state index contributed by atoms with van der Waals surface area (Å²) in [4.78, 5) is 23.5. The number of amides is 2. The lowest BCUT2D eigenvalue weighted by Gasteiger charge is -2.19. The number of nitrogens with one attached hydrogen (secondary N) is 2. The quantitative estimate of drug-likeness (QED) is 0.486. The first-order valence-electron chi connectivity index (χ1n) is 7.32. The molecular weight excluding hydrogens is 334 g/mol. The van der Waals surface area contributed by atoms with Crippen molar-refractivity contribution in [3.63, 3.8) is 0 Å². The van der Waals surface area contributed by atoms with Gasteiger partial charge in [0.2, 0.25) is 0 Å². The molecule has 132 valence electrons. The van der Waals surface area contributed by atoms with Gasteiger partial charge in [-0.25, -0.2) is 14.3 Å². The number of benzene rings is 2. The first-order valence-corrected chi connectivity index (χ1v) is 7.32. The van der Waals surface area contributed by atoms with Crippen LogP contribution < -0.4 is 10.8 Å². The Kier molecular flexibility index (Phi) is 5.79. The number of carbonyl (C=O) groups excluding carboxylic acids is 2. The van der Waals surface area contributed by atoms with Crippen molar-refractivity contribution in [2.75, 3.05) is 0 Å². The minimum absolute atomic E-state index is 0.103. The van der Waals surface area contributed by atoms with Gasteiger partial charge in [-0.3, -0.25) is 14.8 Å². The second-order valence-corrected chi connectivity index (χ2v) is 5.37. The molecule has 2 amide bonds. The lowest BCUT2D eigenvalue weighted by molar-refractivity contribution is -0.133. The van der Waals surface area contributed by atoms with Crippen molar-refractivity contribution in [1.82, 2.24) is 10.8 Å². The largest absolute Gasteiger partial charge is 0.391 e. The highest BCUT2D eigenvalue weighted by atomic mass is 19.1. The van der Waals surface area contributed by atoms with Crippen molar-refractivity contribution >= 4 is 11.8 Å². The Bertz CT molecular complexity index is 796. The molecule has 2 aromatic rings. The van der Waals surface area contributed by atoms with Gasteiger partial charge in [-0.15, -0.1) is 0 Å². The summed E-state index contributed by atoms with van der Waals surface area (Å²) in [6, 6.07) is 7.48. The van der Waals surface area contributed by atoms with E-state index in [1.165, 1.54) is 42.7 Å². The van der Waals surface area contributed by atoms with E-state index in [4.69, 9.17) is 5.21 Å². The zero-order chi connectivity index (χ0) is 18.6. The van der Waals surface area contributed by atoms with E-state index in [2.05, 4.69) is 5.32 Å². The van der Waals surface area contributed by atoms with E-state index in [0.29, 0.717) is 5.56 Å². The van der Waals surface area contributed by atoms with Crippen LogP contribution in [0.15, 0.2) is 42.5 Å². The average Bonchev–Trinajstić information content (AvgIpc) is 2.58. The molecule has 0 bridgehead atoms. The maximum absolute atomic E-state index is 14.3. The molecule has 0 radical (unpaired) electrons. The standard InChI is InChI=1S/C17H16F2N2O4/c1-9(22)15(17(24)21-25)20-16(23)11-5-6-13(14(19)8-11)10-3-2-4-12(18)7-10/h2-9,15,22,25H,1H3,(H,20,23)(H,21,24)/t9-,15+/m1/s1. The maximum atomic E-state index is 14.3. The van der Waals surface area contributed by atoms with Crippen LogP contribution >= 0.6 is 0 Å². The second kappa shape index (κ2) is 7.82. The average molecular weight is 350 g/mol. The molecule has 0 aliphatic rings. The fraction of sp³-hybridized carbons (Fsp3) is 0.176. The molecule has 2 aromatic carbocycles. The topological polar surface area (TPSA) is 98.7 Å². The number of hydroxylamine groups is 1. The predicted molar refractivity (Wildman–Crippen MR) is 84.7 cm³/mol. The molecule has 0 spiro atoms. The smallest absolute Gasteiger partial charge is 0.268 e. The van der Waals surface area contributed by atoms with Crippen molar-refractivity contribution in [3.05, 3.63) is 59.7 Å². The molecule has 0 fully saturated rings. The van der Waals surface area contributed by atoms with Gasteiger partial charge in [0.25, 0.3) is 11.8 Å². The molecule has 6 nitrogen and oxygen atoms in total. The van der Waals surface area contributed by atoms with Crippen molar-refractivity contribution in [3.8, 4) is 11.1 Å². The van der Waals surface area contributed by atoms with Crippen LogP contribution in [0.1, 0.15) is 17.3 Å². The summed E-state index contributed by atoms with van der Waals surface area (Å²) in [6.45, 7) is 1.24. The Morgan fingerprint density at radius 1 is 1.12 bits per heavy atom. The van der Waals surface area contributed by atoms with Crippen molar-refractivity contribution in [2.45, 2.75) is 19.1 Å². The number of rotatable bonds is 5. The number of carbonyl (C=O) groups is 2. The highest BCUT2D eigenvalue weighted by Gasteiger charge is 2.26. The van der Waals surface area contributed by atoms with Gasteiger partial charge < -0.3 is 10.4 Å². The number of aliphatic hydroxyl groups is 1. The SMILES string of the molecule is C[C@@H](O)[C@H](NC(=O)c1ccc(-c2cccc(F)c2)c(F)c1)C(=O)NO. The number of aliphatic hydroxyl groups excluding tert-OH is 1. The normalized spacial score (nSPS) is 13.0. The summed E-state index contributed by atoms with van der Waals surface area (Å²) in [7, 11) is 0. The Balaban J connectivity index is 2.25. The van der Waals surface area contributed by atoms with Gasteiger partial charge in [0.05, 0.1) is 6.10 Å². The fourth-order valence-electron chi connectivity index (χ4n) is 2.25. The molecule has 0 aliphatic carbocycles. The molecule has 0 unspecified atom stereocenters. The summed E-state index contributed by atoms with van der Waals surface area (Å²) >= 11 is 0. The highest BCUT2D eigenvalue weighted by molar-refractivity contribution is 5.98. The molecule has 0 aromatic heterocycles. The molecule has 2 atom stereocenters. The Hall–Kier alpha value is -2.84. The van der Waals surface area contributed by atoms with Gasteiger partial charge in [-0.2, -0.15) is 0 Å². The van der Waals surface area contributed by atoms with E-state index >= 15 is 0 Å². The lowest BCUT2D eigenvalue weighted by atomic mass is 10.0. The van der Waals surface area contributed by atoms with Crippen LogP contribution in [0.3, 0.4) is 0 Å². The minimum Gasteiger partial charge on any atom is -0.391 e. The number of halogens is 2. The number of hydrogen-bond donors (Lipinski definition) is 4. The third kappa shape index (κ3) is 4.37. The van der Waals surface area contributed by atoms with E-state index in [-0.39, 0.29) is 11.1 Å². The maximum Gasteiger partial charge on any atom is 0.268 e. The van der Waals surface area contributed by atoms with Crippen LogP contribution in [-0.4, -0.2) is 34.3 Å². The monoisotopic (exact) mass is 350 g/mol. The van der Waals surface area contributed by atoms with Gasteiger partial charge in [0.1, 0.15) is 17.7 Å². The van der Waals surface area contributed by atoms with Crippen LogP contribution in [0.25, 0.3) is 11.1 Å². The van der Waals surface area contributed by atoms with E-state index in [1.54, 1.807) is 0 Å². The molecule has 25 heavy (non-hydrogen) atoms. The molecule has 0 heterocycles. The molecule has 0 saturated carbocycles. The van der Waals surface area contributed by atoms with Crippen LogP contribution in [0.4, 0.5) is 8.78 Å². The van der Waals surface area contributed by atoms with Gasteiger partial charge in [-0.05, 0) is 36.8 Å². The van der Waals surface area contributed by atoms with Crippen molar-refractivity contribution < 1.29 is 28.7 Å². The minimum atomic E-state index is -1.41. The van der Waals surface area contributed by atoms with Crippen molar-refractivity contribution in [1.29, 1.82) is 0 Å². The molecule has 4 N–H and O–H groups in total. The molecular formula is C17H16F2N2O4. The summed E-state index contributed by atoms with van der Waals surface area (Å²) in [6.07, 6.45) is -1.28. The lowest BCUT2D eigenvalue weighted by Crippen LogP contribution is -2.51. The molecule has 8 heteroatoms.